The van der Waals surface area contributed by atoms with Crippen LogP contribution < -0.4 is 10.1 Å². The Bertz CT molecular complexity index is 515. The standard InChI is InChI=1S/C15H19NO3/c17-8-7-16-10-14(18)11-19-15-6-5-12-3-1-2-4-13(12)9-15/h1-6,9,14,16-18H,7-8,10-11H2. The molecule has 19 heavy (non-hydrogen) atoms. The van der Waals surface area contributed by atoms with E-state index in [1.54, 1.807) is 0 Å². The molecule has 3 N–H and O–H groups in total. The van der Waals surface area contributed by atoms with Crippen LogP contribution in [-0.4, -0.2) is 42.6 Å². The molecule has 0 saturated heterocycles. The minimum absolute atomic E-state index is 0.0677. The van der Waals surface area contributed by atoms with E-state index in [9.17, 15) is 5.11 Å². The Kier molecular flexibility index (Phi) is 5.15. The summed E-state index contributed by atoms with van der Waals surface area (Å²) >= 11 is 0. The second-order valence-corrected chi connectivity index (χ2v) is 4.40. The van der Waals surface area contributed by atoms with Gasteiger partial charge < -0.3 is 20.3 Å². The second kappa shape index (κ2) is 7.09. The highest BCUT2D eigenvalue weighted by Gasteiger charge is 2.05. The number of hydrogen-bond donors (Lipinski definition) is 3. The zero-order valence-electron chi connectivity index (χ0n) is 10.7. The van der Waals surface area contributed by atoms with Gasteiger partial charge in [0.25, 0.3) is 0 Å². The minimum Gasteiger partial charge on any atom is -0.491 e. The molecule has 0 spiro atoms. The lowest BCUT2D eigenvalue weighted by atomic mass is 10.1. The summed E-state index contributed by atoms with van der Waals surface area (Å²) in [5, 5.41) is 23.5. The van der Waals surface area contributed by atoms with Gasteiger partial charge in [0, 0.05) is 13.1 Å². The highest BCUT2D eigenvalue weighted by Crippen LogP contribution is 2.20. The summed E-state index contributed by atoms with van der Waals surface area (Å²) in [4.78, 5) is 0. The lowest BCUT2D eigenvalue weighted by Gasteiger charge is -2.13. The Hall–Kier alpha value is -1.62. The van der Waals surface area contributed by atoms with Gasteiger partial charge in [-0.3, -0.25) is 0 Å². The highest BCUT2D eigenvalue weighted by atomic mass is 16.5. The first-order valence-electron chi connectivity index (χ1n) is 6.41. The molecule has 0 heterocycles. The number of aliphatic hydroxyl groups excluding tert-OH is 2. The molecule has 1 unspecified atom stereocenters. The zero-order chi connectivity index (χ0) is 13.5. The Morgan fingerprint density at radius 3 is 2.68 bits per heavy atom. The summed E-state index contributed by atoms with van der Waals surface area (Å²) in [6.07, 6.45) is -0.585. The third-order valence-corrected chi connectivity index (χ3v) is 2.83. The number of hydrogen-bond acceptors (Lipinski definition) is 4. The van der Waals surface area contributed by atoms with Crippen molar-refractivity contribution in [3.63, 3.8) is 0 Å². The van der Waals surface area contributed by atoms with Crippen molar-refractivity contribution in [1.82, 2.24) is 5.32 Å². The molecular formula is C15H19NO3. The van der Waals surface area contributed by atoms with Crippen LogP contribution in [0.3, 0.4) is 0 Å². The van der Waals surface area contributed by atoms with E-state index in [2.05, 4.69) is 5.32 Å². The molecule has 0 radical (unpaired) electrons. The fourth-order valence-corrected chi connectivity index (χ4v) is 1.86. The third-order valence-electron chi connectivity index (χ3n) is 2.83. The monoisotopic (exact) mass is 261 g/mol. The maximum atomic E-state index is 9.68. The lowest BCUT2D eigenvalue weighted by Crippen LogP contribution is -2.32. The molecule has 0 aliphatic rings. The van der Waals surface area contributed by atoms with Crippen LogP contribution in [0, 0.1) is 0 Å². The van der Waals surface area contributed by atoms with Crippen LogP contribution >= 0.6 is 0 Å². The van der Waals surface area contributed by atoms with Crippen molar-refractivity contribution in [2.45, 2.75) is 6.10 Å². The van der Waals surface area contributed by atoms with Gasteiger partial charge in [-0.15, -0.1) is 0 Å². The van der Waals surface area contributed by atoms with Gasteiger partial charge in [0.2, 0.25) is 0 Å². The van der Waals surface area contributed by atoms with Crippen LogP contribution in [0.25, 0.3) is 10.8 Å². The molecule has 2 aromatic carbocycles. The van der Waals surface area contributed by atoms with Gasteiger partial charge in [0.15, 0.2) is 0 Å². The van der Waals surface area contributed by atoms with E-state index in [0.717, 1.165) is 11.1 Å². The third kappa shape index (κ3) is 4.21. The van der Waals surface area contributed by atoms with Gasteiger partial charge in [-0.1, -0.05) is 30.3 Å². The van der Waals surface area contributed by atoms with Crippen molar-refractivity contribution in [3.05, 3.63) is 42.5 Å². The normalized spacial score (nSPS) is 12.5. The van der Waals surface area contributed by atoms with Crippen molar-refractivity contribution in [3.8, 4) is 5.75 Å². The fourth-order valence-electron chi connectivity index (χ4n) is 1.86. The average molecular weight is 261 g/mol. The topological polar surface area (TPSA) is 61.7 Å². The van der Waals surface area contributed by atoms with E-state index in [4.69, 9.17) is 9.84 Å². The molecule has 102 valence electrons. The van der Waals surface area contributed by atoms with Crippen molar-refractivity contribution in [1.29, 1.82) is 0 Å². The molecule has 0 fully saturated rings. The molecule has 2 rings (SSSR count). The molecule has 0 amide bonds. The summed E-state index contributed by atoms with van der Waals surface area (Å²) < 4.78 is 5.55. The summed E-state index contributed by atoms with van der Waals surface area (Å²) in [6.45, 7) is 1.19. The number of nitrogens with one attached hydrogen (secondary N) is 1. The molecular weight excluding hydrogens is 242 g/mol. The van der Waals surface area contributed by atoms with E-state index in [0.29, 0.717) is 13.1 Å². The molecule has 2 aromatic rings. The first kappa shape index (κ1) is 13.8. The van der Waals surface area contributed by atoms with Gasteiger partial charge >= 0.3 is 0 Å². The summed E-state index contributed by atoms with van der Waals surface area (Å²) in [5.41, 5.74) is 0. The average Bonchev–Trinajstić information content (AvgIpc) is 2.45. The number of benzene rings is 2. The number of rotatable bonds is 7. The van der Waals surface area contributed by atoms with Crippen LogP contribution in [0.5, 0.6) is 5.75 Å². The van der Waals surface area contributed by atoms with Gasteiger partial charge in [0.05, 0.1) is 6.61 Å². The highest BCUT2D eigenvalue weighted by molar-refractivity contribution is 5.83. The van der Waals surface area contributed by atoms with Crippen LogP contribution in [0.15, 0.2) is 42.5 Å². The Balaban J connectivity index is 1.87. The van der Waals surface area contributed by atoms with Crippen LogP contribution in [-0.2, 0) is 0 Å². The van der Waals surface area contributed by atoms with Crippen molar-refractivity contribution in [2.24, 2.45) is 0 Å². The van der Waals surface area contributed by atoms with E-state index in [1.165, 1.54) is 5.39 Å². The Morgan fingerprint density at radius 2 is 1.89 bits per heavy atom. The summed E-state index contributed by atoms with van der Waals surface area (Å²) in [6, 6.07) is 13.9. The van der Waals surface area contributed by atoms with Gasteiger partial charge in [-0.25, -0.2) is 0 Å². The number of fused-ring (bicyclic) bond motifs is 1. The molecule has 0 saturated carbocycles. The number of ether oxygens (including phenoxy) is 1. The van der Waals surface area contributed by atoms with Crippen molar-refractivity contribution >= 4 is 10.8 Å². The Labute approximate surface area is 112 Å². The van der Waals surface area contributed by atoms with E-state index in [-0.39, 0.29) is 13.2 Å². The zero-order valence-corrected chi connectivity index (χ0v) is 10.7. The largest absolute Gasteiger partial charge is 0.491 e. The second-order valence-electron chi connectivity index (χ2n) is 4.40. The molecule has 0 aliphatic heterocycles. The van der Waals surface area contributed by atoms with Crippen LogP contribution in [0.1, 0.15) is 0 Å². The smallest absolute Gasteiger partial charge is 0.120 e. The van der Waals surface area contributed by atoms with Gasteiger partial charge in [0.1, 0.15) is 18.5 Å². The predicted molar refractivity (Wildman–Crippen MR) is 75.4 cm³/mol. The van der Waals surface area contributed by atoms with Crippen molar-refractivity contribution < 1.29 is 14.9 Å². The summed E-state index contributed by atoms with van der Waals surface area (Å²) in [7, 11) is 0. The molecule has 4 heteroatoms. The Morgan fingerprint density at radius 1 is 1.11 bits per heavy atom. The van der Waals surface area contributed by atoms with Gasteiger partial charge in [-0.2, -0.15) is 0 Å². The first-order chi connectivity index (χ1) is 9.29. The van der Waals surface area contributed by atoms with E-state index in [1.807, 2.05) is 42.5 Å². The van der Waals surface area contributed by atoms with E-state index < -0.39 is 6.10 Å². The minimum atomic E-state index is -0.585. The molecule has 0 aliphatic carbocycles. The maximum absolute atomic E-state index is 9.68. The SMILES string of the molecule is OCCNCC(O)COc1ccc2ccccc2c1. The summed E-state index contributed by atoms with van der Waals surface area (Å²) in [5.74, 6) is 0.750. The van der Waals surface area contributed by atoms with Gasteiger partial charge in [-0.05, 0) is 22.9 Å². The van der Waals surface area contributed by atoms with Crippen LogP contribution in [0.4, 0.5) is 0 Å². The molecule has 0 bridgehead atoms. The number of aliphatic hydroxyl groups is 2. The lowest BCUT2D eigenvalue weighted by molar-refractivity contribution is 0.105. The predicted octanol–water partition coefficient (Wildman–Crippen LogP) is 1.16. The quantitative estimate of drug-likeness (QED) is 0.655. The molecule has 1 atom stereocenters. The molecule has 4 nitrogen and oxygen atoms in total. The first-order valence-corrected chi connectivity index (χ1v) is 6.41. The van der Waals surface area contributed by atoms with Crippen molar-refractivity contribution in [2.75, 3.05) is 26.3 Å². The molecule has 0 aromatic heterocycles. The maximum Gasteiger partial charge on any atom is 0.120 e. The van der Waals surface area contributed by atoms with E-state index >= 15 is 0 Å². The fraction of sp³-hybridized carbons (Fsp3) is 0.333. The van der Waals surface area contributed by atoms with Crippen LogP contribution in [0.2, 0.25) is 0 Å².